The van der Waals surface area contributed by atoms with E-state index in [-0.39, 0.29) is 23.8 Å². The molecule has 0 unspecified atom stereocenters. The Morgan fingerprint density at radius 3 is 2.68 bits per heavy atom. The van der Waals surface area contributed by atoms with Crippen molar-refractivity contribution in [2.45, 2.75) is 32.4 Å². The first-order valence-electron chi connectivity index (χ1n) is 7.96. The van der Waals surface area contributed by atoms with Crippen molar-refractivity contribution in [3.63, 3.8) is 0 Å². The summed E-state index contributed by atoms with van der Waals surface area (Å²) in [6, 6.07) is 0.116. The van der Waals surface area contributed by atoms with Gasteiger partial charge in [0.15, 0.2) is 5.82 Å². The van der Waals surface area contributed by atoms with Crippen molar-refractivity contribution in [2.24, 2.45) is 0 Å². The number of rotatable bonds is 3. The lowest BCUT2D eigenvalue weighted by atomic mass is 10.1. The summed E-state index contributed by atoms with van der Waals surface area (Å²) in [5.41, 5.74) is 6.62. The molecule has 0 saturated carbocycles. The second kappa shape index (κ2) is 6.23. The van der Waals surface area contributed by atoms with Crippen molar-refractivity contribution in [1.29, 1.82) is 0 Å². The molecule has 134 valence electrons. The third kappa shape index (κ3) is 3.65. The Morgan fingerprint density at radius 2 is 2.04 bits per heavy atom. The molecule has 0 aromatic carbocycles. The number of nitrogens with zero attached hydrogens (tertiary/aromatic N) is 5. The Balaban J connectivity index is 1.65. The fourth-order valence-corrected chi connectivity index (χ4v) is 2.44. The number of hydrogen-bond acceptors (Lipinski definition) is 7. The maximum Gasteiger partial charge on any atom is 0.410 e. The first-order valence-corrected chi connectivity index (χ1v) is 7.96. The fourth-order valence-electron chi connectivity index (χ4n) is 2.44. The van der Waals surface area contributed by atoms with E-state index in [9.17, 15) is 4.79 Å². The highest BCUT2D eigenvalue weighted by atomic mass is 16.6. The molecular weight excluding hydrogens is 324 g/mol. The predicted octanol–water partition coefficient (Wildman–Crippen LogP) is 1.72. The number of methoxy groups -OCH3 is 1. The van der Waals surface area contributed by atoms with E-state index in [1.54, 1.807) is 17.3 Å². The van der Waals surface area contributed by atoms with Crippen LogP contribution in [0.3, 0.4) is 0 Å². The van der Waals surface area contributed by atoms with E-state index in [4.69, 9.17) is 15.2 Å². The van der Waals surface area contributed by atoms with Gasteiger partial charge in [0.1, 0.15) is 5.60 Å². The van der Waals surface area contributed by atoms with Crippen LogP contribution >= 0.6 is 0 Å². The van der Waals surface area contributed by atoms with E-state index < -0.39 is 5.60 Å². The summed E-state index contributed by atoms with van der Waals surface area (Å²) in [6.07, 6.45) is 4.85. The van der Waals surface area contributed by atoms with E-state index in [2.05, 4.69) is 15.1 Å². The van der Waals surface area contributed by atoms with Gasteiger partial charge >= 0.3 is 6.09 Å². The summed E-state index contributed by atoms with van der Waals surface area (Å²) in [6.45, 7) is 6.68. The third-order valence-electron chi connectivity index (χ3n) is 3.75. The molecule has 0 atom stereocenters. The average Bonchev–Trinajstić information content (AvgIpc) is 2.93. The zero-order valence-corrected chi connectivity index (χ0v) is 14.8. The van der Waals surface area contributed by atoms with Crippen LogP contribution in [-0.4, -0.2) is 56.5 Å². The Bertz CT molecular complexity index is 776. The minimum Gasteiger partial charge on any atom is -0.478 e. The van der Waals surface area contributed by atoms with E-state index in [0.29, 0.717) is 18.8 Å². The molecule has 1 aliphatic rings. The molecule has 1 saturated heterocycles. The molecule has 0 aliphatic carbocycles. The van der Waals surface area contributed by atoms with Gasteiger partial charge < -0.3 is 20.1 Å². The molecular formula is C16H22N6O3. The van der Waals surface area contributed by atoms with Crippen LogP contribution in [0.2, 0.25) is 0 Å². The number of likely N-dealkylation sites (tertiary alicyclic amines) is 1. The lowest BCUT2D eigenvalue weighted by molar-refractivity contribution is -0.000381. The lowest BCUT2D eigenvalue weighted by Gasteiger charge is -2.39. The van der Waals surface area contributed by atoms with Crippen LogP contribution in [0.25, 0.3) is 11.3 Å². The highest BCUT2D eigenvalue weighted by Crippen LogP contribution is 2.26. The summed E-state index contributed by atoms with van der Waals surface area (Å²) in [5, 5.41) is 4.36. The molecule has 3 heterocycles. The van der Waals surface area contributed by atoms with Crippen LogP contribution < -0.4 is 10.5 Å². The van der Waals surface area contributed by atoms with Crippen molar-refractivity contribution < 1.29 is 14.3 Å². The van der Waals surface area contributed by atoms with Crippen LogP contribution in [0.5, 0.6) is 5.88 Å². The monoisotopic (exact) mass is 346 g/mol. The van der Waals surface area contributed by atoms with Crippen molar-refractivity contribution in [1.82, 2.24) is 24.6 Å². The first kappa shape index (κ1) is 17.0. The number of nitrogens with two attached hydrogens (primary N) is 1. The lowest BCUT2D eigenvalue weighted by Crippen LogP contribution is -2.52. The molecule has 2 N–H and O–H groups in total. The number of carbonyl (C=O) groups is 1. The number of hydrogen-bond donors (Lipinski definition) is 1. The molecule has 9 nitrogen and oxygen atoms in total. The number of carbonyl (C=O) groups excluding carboxylic acids is 1. The van der Waals surface area contributed by atoms with E-state index >= 15 is 0 Å². The molecule has 0 spiro atoms. The van der Waals surface area contributed by atoms with Crippen LogP contribution in [0.4, 0.5) is 10.6 Å². The zero-order valence-electron chi connectivity index (χ0n) is 14.8. The maximum absolute atomic E-state index is 12.0. The topological polar surface area (TPSA) is 108 Å². The number of anilines is 1. The van der Waals surface area contributed by atoms with Crippen molar-refractivity contribution in [2.75, 3.05) is 25.9 Å². The minimum absolute atomic E-state index is 0.116. The summed E-state index contributed by atoms with van der Waals surface area (Å²) in [7, 11) is 1.49. The van der Waals surface area contributed by atoms with Crippen LogP contribution in [0, 0.1) is 0 Å². The molecule has 0 bridgehead atoms. The predicted molar refractivity (Wildman–Crippen MR) is 91.1 cm³/mol. The molecule has 9 heteroatoms. The molecule has 1 fully saturated rings. The van der Waals surface area contributed by atoms with Gasteiger partial charge in [0.25, 0.3) is 5.88 Å². The fraction of sp³-hybridized carbons (Fsp3) is 0.500. The normalized spacial score (nSPS) is 15.0. The van der Waals surface area contributed by atoms with E-state index in [1.165, 1.54) is 7.11 Å². The summed E-state index contributed by atoms with van der Waals surface area (Å²) < 4.78 is 12.3. The molecule has 2 aromatic rings. The maximum atomic E-state index is 12.0. The third-order valence-corrected chi connectivity index (χ3v) is 3.75. The highest BCUT2D eigenvalue weighted by Gasteiger charge is 2.35. The van der Waals surface area contributed by atoms with Crippen LogP contribution in [-0.2, 0) is 4.74 Å². The van der Waals surface area contributed by atoms with Gasteiger partial charge in [-0.05, 0) is 20.8 Å². The number of ether oxygens (including phenoxy) is 2. The van der Waals surface area contributed by atoms with E-state index in [0.717, 1.165) is 5.56 Å². The quantitative estimate of drug-likeness (QED) is 0.901. The van der Waals surface area contributed by atoms with Gasteiger partial charge in [-0.1, -0.05) is 0 Å². The Hall–Kier alpha value is -2.84. The minimum atomic E-state index is -0.492. The van der Waals surface area contributed by atoms with E-state index in [1.807, 2.05) is 31.6 Å². The van der Waals surface area contributed by atoms with Crippen LogP contribution in [0.15, 0.2) is 18.6 Å². The number of aromatic nitrogens is 4. The molecule has 1 amide bonds. The van der Waals surface area contributed by atoms with Crippen molar-refractivity contribution in [3.8, 4) is 17.1 Å². The smallest absolute Gasteiger partial charge is 0.410 e. The number of nitrogen functional groups attached to an aromatic ring is 1. The SMILES string of the molecule is COc1nc(-c2cnn(C3CN(C(=O)OC(C)(C)C)C3)c2)cnc1N. The second-order valence-corrected chi connectivity index (χ2v) is 6.90. The molecule has 0 radical (unpaired) electrons. The van der Waals surface area contributed by atoms with Gasteiger partial charge in [-0.25, -0.2) is 14.8 Å². The standard InChI is InChI=1S/C16H22N6O3/c1-16(2,3)25-15(23)21-8-11(9-21)22-7-10(5-19-22)12-6-18-13(17)14(20-12)24-4/h5-7,11H,8-9H2,1-4H3,(H2,17,18). The average molecular weight is 346 g/mol. The Kier molecular flexibility index (Phi) is 4.23. The zero-order chi connectivity index (χ0) is 18.2. The largest absolute Gasteiger partial charge is 0.478 e. The van der Waals surface area contributed by atoms with Crippen LogP contribution in [0.1, 0.15) is 26.8 Å². The highest BCUT2D eigenvalue weighted by molar-refractivity contribution is 5.69. The number of amides is 1. The van der Waals surface area contributed by atoms with Gasteiger partial charge in [-0.15, -0.1) is 0 Å². The Labute approximate surface area is 145 Å². The van der Waals surface area contributed by atoms with Gasteiger partial charge in [0.2, 0.25) is 0 Å². The first-order chi connectivity index (χ1) is 11.8. The second-order valence-electron chi connectivity index (χ2n) is 6.90. The summed E-state index contributed by atoms with van der Waals surface area (Å²) >= 11 is 0. The van der Waals surface area contributed by atoms with Crippen molar-refractivity contribution >= 4 is 11.9 Å². The molecule has 2 aromatic heterocycles. The van der Waals surface area contributed by atoms with Crippen molar-refractivity contribution in [3.05, 3.63) is 18.6 Å². The molecule has 1 aliphatic heterocycles. The Morgan fingerprint density at radius 1 is 1.32 bits per heavy atom. The van der Waals surface area contributed by atoms with Gasteiger partial charge in [0.05, 0.1) is 31.2 Å². The van der Waals surface area contributed by atoms with Gasteiger partial charge in [-0.3, -0.25) is 4.68 Å². The van der Waals surface area contributed by atoms with Gasteiger partial charge in [-0.2, -0.15) is 5.10 Å². The summed E-state index contributed by atoms with van der Waals surface area (Å²) in [5.74, 6) is 0.524. The summed E-state index contributed by atoms with van der Waals surface area (Å²) in [4.78, 5) is 22.0. The molecule has 3 rings (SSSR count). The molecule has 25 heavy (non-hydrogen) atoms. The van der Waals surface area contributed by atoms with Gasteiger partial charge in [0, 0.05) is 24.8 Å².